The fraction of sp³-hybridized carbons (Fsp3) is 0.0625. The second-order valence-electron chi connectivity index (χ2n) is 4.32. The lowest BCUT2D eigenvalue weighted by Gasteiger charge is -2.11. The highest BCUT2D eigenvalue weighted by Crippen LogP contribution is 2.33. The van der Waals surface area contributed by atoms with E-state index >= 15 is 0 Å². The van der Waals surface area contributed by atoms with Crippen LogP contribution in [0.15, 0.2) is 54.7 Å². The molecule has 3 aromatic rings. The minimum Gasteiger partial charge on any atom is -0.437 e. The van der Waals surface area contributed by atoms with E-state index in [1.807, 2.05) is 36.4 Å². The molecule has 100 valence electrons. The summed E-state index contributed by atoms with van der Waals surface area (Å²) in [5, 5.41) is 11.7. The summed E-state index contributed by atoms with van der Waals surface area (Å²) in [6.45, 7) is -0.0557. The molecule has 0 radical (unpaired) electrons. The predicted molar refractivity (Wildman–Crippen MR) is 79.2 cm³/mol. The van der Waals surface area contributed by atoms with Crippen LogP contribution in [0.4, 0.5) is 0 Å². The lowest BCUT2D eigenvalue weighted by Crippen LogP contribution is -1.94. The van der Waals surface area contributed by atoms with Gasteiger partial charge in [0.1, 0.15) is 5.75 Å². The minimum absolute atomic E-state index is 0.0557. The fourth-order valence-corrected chi connectivity index (χ4v) is 2.24. The molecular formula is C16H12ClNO2. The Morgan fingerprint density at radius 3 is 2.45 bits per heavy atom. The van der Waals surface area contributed by atoms with E-state index < -0.39 is 0 Å². The zero-order valence-electron chi connectivity index (χ0n) is 10.6. The third kappa shape index (κ3) is 2.33. The number of nitrogens with zero attached hydrogens (tertiary/aromatic N) is 1. The fourth-order valence-electron chi connectivity index (χ4n) is 2.06. The number of para-hydroxylation sites is 1. The molecule has 0 saturated heterocycles. The quantitative estimate of drug-likeness (QED) is 0.785. The maximum absolute atomic E-state index is 9.36. The van der Waals surface area contributed by atoms with Gasteiger partial charge < -0.3 is 9.84 Å². The van der Waals surface area contributed by atoms with Gasteiger partial charge in [-0.2, -0.15) is 0 Å². The summed E-state index contributed by atoms with van der Waals surface area (Å²) < 4.78 is 5.80. The Hall–Kier alpha value is -2.10. The van der Waals surface area contributed by atoms with E-state index in [0.717, 1.165) is 16.3 Å². The average molecular weight is 286 g/mol. The average Bonchev–Trinajstić information content (AvgIpc) is 2.50. The number of hydrogen-bond donors (Lipinski definition) is 1. The zero-order valence-corrected chi connectivity index (χ0v) is 11.3. The summed E-state index contributed by atoms with van der Waals surface area (Å²) in [7, 11) is 0. The Kier molecular flexibility index (Phi) is 3.54. The number of aliphatic hydroxyl groups is 1. The van der Waals surface area contributed by atoms with Gasteiger partial charge in [-0.3, -0.25) is 0 Å². The molecule has 0 aliphatic carbocycles. The molecule has 1 heterocycles. The summed E-state index contributed by atoms with van der Waals surface area (Å²) in [5.74, 6) is 1.04. The first-order valence-electron chi connectivity index (χ1n) is 6.19. The van der Waals surface area contributed by atoms with Crippen LogP contribution in [0.1, 0.15) is 5.56 Å². The third-order valence-corrected chi connectivity index (χ3v) is 3.37. The summed E-state index contributed by atoms with van der Waals surface area (Å²) in [6.07, 6.45) is 1.62. The number of ether oxygens (including phenoxy) is 1. The summed E-state index contributed by atoms with van der Waals surface area (Å²) in [5.41, 5.74) is 0.770. The van der Waals surface area contributed by atoms with Crippen LogP contribution in [-0.2, 0) is 6.61 Å². The van der Waals surface area contributed by atoms with E-state index in [4.69, 9.17) is 16.3 Å². The van der Waals surface area contributed by atoms with Crippen molar-refractivity contribution in [2.45, 2.75) is 6.61 Å². The van der Waals surface area contributed by atoms with Crippen LogP contribution in [0, 0.1) is 0 Å². The van der Waals surface area contributed by atoms with E-state index in [1.54, 1.807) is 18.3 Å². The minimum atomic E-state index is -0.0557. The van der Waals surface area contributed by atoms with Gasteiger partial charge in [-0.25, -0.2) is 4.98 Å². The number of aliphatic hydroxyl groups excluding tert-OH is 1. The van der Waals surface area contributed by atoms with Gasteiger partial charge in [-0.1, -0.05) is 41.9 Å². The monoisotopic (exact) mass is 285 g/mol. The molecule has 4 heteroatoms. The van der Waals surface area contributed by atoms with E-state index in [9.17, 15) is 5.11 Å². The number of pyridine rings is 1. The van der Waals surface area contributed by atoms with Gasteiger partial charge in [0.05, 0.1) is 11.6 Å². The van der Waals surface area contributed by atoms with Crippen molar-refractivity contribution >= 4 is 22.4 Å². The van der Waals surface area contributed by atoms with Crippen LogP contribution >= 0.6 is 11.6 Å². The van der Waals surface area contributed by atoms with Gasteiger partial charge in [0.2, 0.25) is 5.88 Å². The van der Waals surface area contributed by atoms with Crippen molar-refractivity contribution in [1.29, 1.82) is 0 Å². The second-order valence-corrected chi connectivity index (χ2v) is 4.73. The molecule has 3 nitrogen and oxygen atoms in total. The van der Waals surface area contributed by atoms with Crippen molar-refractivity contribution in [2.75, 3.05) is 0 Å². The van der Waals surface area contributed by atoms with Crippen LogP contribution < -0.4 is 4.74 Å². The molecule has 3 rings (SSSR count). The Labute approximate surface area is 121 Å². The Morgan fingerprint density at radius 2 is 1.70 bits per heavy atom. The number of aromatic nitrogens is 1. The zero-order chi connectivity index (χ0) is 13.9. The largest absolute Gasteiger partial charge is 0.437 e. The Bertz CT molecular complexity index is 758. The van der Waals surface area contributed by atoms with Crippen LogP contribution in [0.3, 0.4) is 0 Å². The number of rotatable bonds is 3. The van der Waals surface area contributed by atoms with Crippen molar-refractivity contribution in [3.05, 3.63) is 65.3 Å². The summed E-state index contributed by atoms with van der Waals surface area (Å²) in [4.78, 5) is 4.27. The Balaban J connectivity index is 2.11. The molecule has 1 aromatic heterocycles. The predicted octanol–water partition coefficient (Wildman–Crippen LogP) is 4.17. The number of hydrogen-bond acceptors (Lipinski definition) is 3. The van der Waals surface area contributed by atoms with Gasteiger partial charge in [-0.15, -0.1) is 0 Å². The maximum Gasteiger partial charge on any atom is 0.227 e. The lowest BCUT2D eigenvalue weighted by molar-refractivity contribution is 0.283. The first-order valence-corrected chi connectivity index (χ1v) is 6.57. The second kappa shape index (κ2) is 5.49. The van der Waals surface area contributed by atoms with Crippen LogP contribution in [0.25, 0.3) is 10.8 Å². The van der Waals surface area contributed by atoms with Crippen LogP contribution in [-0.4, -0.2) is 10.1 Å². The SMILES string of the molecule is OCc1cnc(Oc2ccccc2Cl)c2ccccc12. The van der Waals surface area contributed by atoms with E-state index in [2.05, 4.69) is 4.98 Å². The molecule has 0 saturated carbocycles. The van der Waals surface area contributed by atoms with Crippen molar-refractivity contribution in [1.82, 2.24) is 4.98 Å². The molecule has 20 heavy (non-hydrogen) atoms. The van der Waals surface area contributed by atoms with Crippen molar-refractivity contribution in [3.8, 4) is 11.6 Å². The Morgan fingerprint density at radius 1 is 1.00 bits per heavy atom. The highest BCUT2D eigenvalue weighted by Gasteiger charge is 2.10. The van der Waals surface area contributed by atoms with Gasteiger partial charge in [0.25, 0.3) is 0 Å². The summed E-state index contributed by atoms with van der Waals surface area (Å²) in [6, 6.07) is 14.9. The van der Waals surface area contributed by atoms with Gasteiger partial charge in [0, 0.05) is 17.1 Å². The molecule has 0 aliphatic rings. The highest BCUT2D eigenvalue weighted by atomic mass is 35.5. The molecule has 1 N–H and O–H groups in total. The third-order valence-electron chi connectivity index (χ3n) is 3.05. The molecule has 0 unspecified atom stereocenters. The molecule has 0 atom stereocenters. The van der Waals surface area contributed by atoms with Gasteiger partial charge >= 0.3 is 0 Å². The number of fused-ring (bicyclic) bond motifs is 1. The smallest absolute Gasteiger partial charge is 0.227 e. The van der Waals surface area contributed by atoms with Crippen molar-refractivity contribution < 1.29 is 9.84 Å². The number of halogens is 1. The highest BCUT2D eigenvalue weighted by molar-refractivity contribution is 6.32. The lowest BCUT2D eigenvalue weighted by atomic mass is 10.1. The number of benzene rings is 2. The van der Waals surface area contributed by atoms with Gasteiger partial charge in [0.15, 0.2) is 0 Å². The van der Waals surface area contributed by atoms with Crippen LogP contribution in [0.2, 0.25) is 5.02 Å². The van der Waals surface area contributed by atoms with E-state index in [0.29, 0.717) is 16.7 Å². The molecule has 0 spiro atoms. The summed E-state index contributed by atoms with van der Waals surface area (Å²) >= 11 is 6.09. The molecule has 2 aromatic carbocycles. The first kappa shape index (κ1) is 12.9. The van der Waals surface area contributed by atoms with E-state index in [1.165, 1.54) is 0 Å². The van der Waals surface area contributed by atoms with E-state index in [-0.39, 0.29) is 6.61 Å². The maximum atomic E-state index is 9.36. The van der Waals surface area contributed by atoms with Crippen molar-refractivity contribution in [2.24, 2.45) is 0 Å². The molecule has 0 aliphatic heterocycles. The molecular weight excluding hydrogens is 274 g/mol. The molecule has 0 bridgehead atoms. The topological polar surface area (TPSA) is 42.4 Å². The van der Waals surface area contributed by atoms with Crippen molar-refractivity contribution in [3.63, 3.8) is 0 Å². The van der Waals surface area contributed by atoms with Crippen LogP contribution in [0.5, 0.6) is 11.6 Å². The standard InChI is InChI=1S/C16H12ClNO2/c17-14-7-3-4-8-15(14)20-16-13-6-2-1-5-12(13)11(10-19)9-18-16/h1-9,19H,10H2. The molecule has 0 fully saturated rings. The first-order chi connectivity index (χ1) is 9.79. The normalized spacial score (nSPS) is 10.7. The van der Waals surface area contributed by atoms with Gasteiger partial charge in [-0.05, 0) is 23.6 Å². The molecule has 0 amide bonds.